The van der Waals surface area contributed by atoms with E-state index in [1.165, 1.54) is 49.7 Å². The molecule has 0 saturated heterocycles. The molecular weight excluding hydrogens is 667 g/mol. The van der Waals surface area contributed by atoms with E-state index < -0.39 is 0 Å². The van der Waals surface area contributed by atoms with Gasteiger partial charge in [-0.1, -0.05) is 202 Å². The van der Waals surface area contributed by atoms with E-state index in [0.29, 0.717) is 29.3 Å². The molecule has 10 rings (SSSR count). The number of rotatable bonds is 6. The van der Waals surface area contributed by atoms with E-state index in [1.807, 2.05) is 60.7 Å². The van der Waals surface area contributed by atoms with Gasteiger partial charge in [0, 0.05) is 22.6 Å². The van der Waals surface area contributed by atoms with Gasteiger partial charge < -0.3 is 0 Å². The molecule has 262 valence electrons. The highest BCUT2D eigenvalue weighted by Gasteiger charge is 2.44. The summed E-state index contributed by atoms with van der Waals surface area (Å²) in [5.74, 6) is 2.94. The second kappa shape index (κ2) is 13.3. The summed E-state index contributed by atoms with van der Waals surface area (Å²) in [5, 5.41) is 2.46. The van der Waals surface area contributed by atoms with Crippen LogP contribution >= 0.6 is 0 Å². The summed E-state index contributed by atoms with van der Waals surface area (Å²) in [6.07, 6.45) is 9.18. The monoisotopic (exact) mass is 705 g/mol. The van der Waals surface area contributed by atoms with E-state index in [4.69, 9.17) is 15.0 Å². The molecule has 1 aromatic heterocycles. The highest BCUT2D eigenvalue weighted by Crippen LogP contribution is 2.53. The van der Waals surface area contributed by atoms with Crippen LogP contribution < -0.4 is 0 Å². The van der Waals surface area contributed by atoms with Crippen molar-refractivity contribution in [2.45, 2.75) is 25.2 Å². The maximum Gasteiger partial charge on any atom is 0.164 e. The van der Waals surface area contributed by atoms with Gasteiger partial charge in [0.05, 0.1) is 0 Å². The third-order valence-electron chi connectivity index (χ3n) is 11.7. The summed E-state index contributed by atoms with van der Waals surface area (Å²) in [6.45, 7) is 4.80. The first-order valence-corrected chi connectivity index (χ1v) is 19.1. The first-order valence-electron chi connectivity index (χ1n) is 19.1. The zero-order chi connectivity index (χ0) is 36.9. The van der Waals surface area contributed by atoms with Crippen LogP contribution in [0.5, 0.6) is 0 Å². The molecule has 0 radical (unpaired) electrons. The molecule has 55 heavy (non-hydrogen) atoms. The lowest BCUT2D eigenvalue weighted by molar-refractivity contribution is 0.394. The Balaban J connectivity index is 0.996. The molecule has 3 nitrogen and oxygen atoms in total. The topological polar surface area (TPSA) is 38.7 Å². The molecule has 0 saturated carbocycles. The lowest BCUT2D eigenvalue weighted by atomic mass is 9.74. The average molecular weight is 706 g/mol. The zero-order valence-electron chi connectivity index (χ0n) is 30.9. The standard InChI is InChI=1S/C52H39N3/c1-52(2)46-22-10-9-19-44(46)45-32-31-41(33-47(45)52)34-23-25-35(26-24-34)42-20-11-17-37-18-12-21-43(48(37)42)36-27-29-40(30-28-36)51-54-49(38-13-5-3-6-14-38)53-50(55-51)39-15-7-4-8-16-39/h3-33,44,46H,1-2H3. The van der Waals surface area contributed by atoms with Crippen LogP contribution in [-0.4, -0.2) is 15.0 Å². The summed E-state index contributed by atoms with van der Waals surface area (Å²) >= 11 is 0. The van der Waals surface area contributed by atoms with Gasteiger partial charge in [0.15, 0.2) is 17.5 Å². The molecule has 7 aromatic carbocycles. The van der Waals surface area contributed by atoms with Crippen LogP contribution in [0.4, 0.5) is 0 Å². The van der Waals surface area contributed by atoms with Crippen molar-refractivity contribution >= 4 is 10.8 Å². The van der Waals surface area contributed by atoms with Crippen LogP contribution in [0.25, 0.3) is 78.3 Å². The van der Waals surface area contributed by atoms with Crippen molar-refractivity contribution in [1.82, 2.24) is 15.0 Å². The molecule has 0 bridgehead atoms. The minimum absolute atomic E-state index is 0.0936. The fourth-order valence-corrected chi connectivity index (χ4v) is 8.76. The quantitative estimate of drug-likeness (QED) is 0.173. The van der Waals surface area contributed by atoms with Crippen LogP contribution in [-0.2, 0) is 5.41 Å². The van der Waals surface area contributed by atoms with Crippen molar-refractivity contribution in [3.8, 4) is 67.5 Å². The van der Waals surface area contributed by atoms with Gasteiger partial charge in [0.2, 0.25) is 0 Å². The minimum atomic E-state index is 0.0936. The minimum Gasteiger partial charge on any atom is -0.208 e. The number of nitrogens with zero attached hydrogens (tertiary/aromatic N) is 3. The van der Waals surface area contributed by atoms with Crippen molar-refractivity contribution in [1.29, 1.82) is 0 Å². The third-order valence-corrected chi connectivity index (χ3v) is 11.7. The van der Waals surface area contributed by atoms with Gasteiger partial charge in [0.1, 0.15) is 0 Å². The summed E-state index contributed by atoms with van der Waals surface area (Å²) in [6, 6.07) is 58.3. The largest absolute Gasteiger partial charge is 0.208 e. The molecule has 2 atom stereocenters. The van der Waals surface area contributed by atoms with E-state index >= 15 is 0 Å². The van der Waals surface area contributed by atoms with E-state index in [0.717, 1.165) is 22.3 Å². The predicted octanol–water partition coefficient (Wildman–Crippen LogP) is 13.1. The van der Waals surface area contributed by atoms with Crippen LogP contribution in [0.1, 0.15) is 30.9 Å². The molecule has 0 aliphatic heterocycles. The number of fused-ring (bicyclic) bond motifs is 4. The van der Waals surface area contributed by atoms with Gasteiger partial charge >= 0.3 is 0 Å². The highest BCUT2D eigenvalue weighted by molar-refractivity contribution is 6.06. The molecule has 2 unspecified atom stereocenters. The second-order valence-electron chi connectivity index (χ2n) is 15.2. The third kappa shape index (κ3) is 5.80. The summed E-state index contributed by atoms with van der Waals surface area (Å²) in [5.41, 5.74) is 13.2. The molecule has 8 aromatic rings. The maximum absolute atomic E-state index is 4.95. The smallest absolute Gasteiger partial charge is 0.164 e. The molecule has 2 aliphatic carbocycles. The first-order chi connectivity index (χ1) is 27.0. The Bertz CT molecular complexity index is 2700. The Labute approximate surface area is 322 Å². The number of aromatic nitrogens is 3. The number of hydrogen-bond acceptors (Lipinski definition) is 3. The van der Waals surface area contributed by atoms with Gasteiger partial charge in [-0.3, -0.25) is 0 Å². The van der Waals surface area contributed by atoms with E-state index in [1.54, 1.807) is 0 Å². The van der Waals surface area contributed by atoms with Crippen molar-refractivity contribution in [2.24, 2.45) is 5.92 Å². The van der Waals surface area contributed by atoms with Crippen LogP contribution in [0.15, 0.2) is 188 Å². The van der Waals surface area contributed by atoms with E-state index in [-0.39, 0.29) is 5.41 Å². The van der Waals surface area contributed by atoms with Crippen LogP contribution in [0, 0.1) is 5.92 Å². The SMILES string of the molecule is CC1(C)c2cc(-c3ccc(-c4cccc5cccc(-c6ccc(-c7nc(-c8ccccc8)nc(-c8ccccc8)n7)cc6)c45)cc3)ccc2C2C=CC=CC21. The van der Waals surface area contributed by atoms with Gasteiger partial charge in [-0.2, -0.15) is 0 Å². The fraction of sp³-hybridized carbons (Fsp3) is 0.0962. The Hall–Kier alpha value is -6.71. The molecule has 0 fully saturated rings. The molecule has 0 spiro atoms. The zero-order valence-corrected chi connectivity index (χ0v) is 30.9. The Morgan fingerprint density at radius 2 is 0.891 bits per heavy atom. The summed E-state index contributed by atoms with van der Waals surface area (Å²) < 4.78 is 0. The number of benzene rings is 7. The number of allylic oxidation sites excluding steroid dienone is 4. The van der Waals surface area contributed by atoms with Crippen molar-refractivity contribution < 1.29 is 0 Å². The van der Waals surface area contributed by atoms with Gasteiger partial charge in [-0.05, 0) is 66.6 Å². The van der Waals surface area contributed by atoms with Gasteiger partial charge in [0.25, 0.3) is 0 Å². The molecular formula is C52H39N3. The Morgan fingerprint density at radius 3 is 1.45 bits per heavy atom. The molecule has 2 aliphatic rings. The average Bonchev–Trinajstić information content (AvgIpc) is 3.49. The molecule has 3 heteroatoms. The van der Waals surface area contributed by atoms with Gasteiger partial charge in [-0.15, -0.1) is 0 Å². The maximum atomic E-state index is 4.95. The Kier molecular flexibility index (Phi) is 7.96. The van der Waals surface area contributed by atoms with Crippen molar-refractivity contribution in [2.75, 3.05) is 0 Å². The fourth-order valence-electron chi connectivity index (χ4n) is 8.76. The summed E-state index contributed by atoms with van der Waals surface area (Å²) in [7, 11) is 0. The molecule has 0 N–H and O–H groups in total. The van der Waals surface area contributed by atoms with Gasteiger partial charge in [-0.25, -0.2) is 15.0 Å². The predicted molar refractivity (Wildman–Crippen MR) is 227 cm³/mol. The number of hydrogen-bond donors (Lipinski definition) is 0. The van der Waals surface area contributed by atoms with E-state index in [2.05, 4.69) is 141 Å². The van der Waals surface area contributed by atoms with E-state index in [9.17, 15) is 0 Å². The second-order valence-corrected chi connectivity index (χ2v) is 15.2. The molecule has 1 heterocycles. The lowest BCUT2D eigenvalue weighted by Gasteiger charge is -2.29. The van der Waals surface area contributed by atoms with Crippen LogP contribution in [0.3, 0.4) is 0 Å². The molecule has 0 amide bonds. The summed E-state index contributed by atoms with van der Waals surface area (Å²) in [4.78, 5) is 14.8. The van der Waals surface area contributed by atoms with Crippen LogP contribution in [0.2, 0.25) is 0 Å². The highest BCUT2D eigenvalue weighted by atomic mass is 15.0. The normalized spacial score (nSPS) is 16.5. The lowest BCUT2D eigenvalue weighted by Crippen LogP contribution is -2.24. The van der Waals surface area contributed by atoms with Crippen molar-refractivity contribution in [3.63, 3.8) is 0 Å². The van der Waals surface area contributed by atoms with Crippen molar-refractivity contribution in [3.05, 3.63) is 199 Å². The Morgan fingerprint density at radius 1 is 0.418 bits per heavy atom. The first kappa shape index (κ1) is 32.9.